The molecule has 1 saturated carbocycles. The van der Waals surface area contributed by atoms with Crippen molar-refractivity contribution >= 4 is 5.91 Å². The van der Waals surface area contributed by atoms with Crippen LogP contribution in [0.25, 0.3) is 0 Å². The third-order valence-corrected chi connectivity index (χ3v) is 4.70. The smallest absolute Gasteiger partial charge is 0.278 e. The lowest BCUT2D eigenvalue weighted by Crippen LogP contribution is -3.29. The Kier molecular flexibility index (Phi) is 5.01. The van der Waals surface area contributed by atoms with Crippen LogP contribution in [0.2, 0.25) is 0 Å². The summed E-state index contributed by atoms with van der Waals surface area (Å²) >= 11 is 0. The van der Waals surface area contributed by atoms with Gasteiger partial charge in [0.2, 0.25) is 0 Å². The van der Waals surface area contributed by atoms with Crippen LogP contribution in [0.15, 0.2) is 0 Å². The number of rotatable bonds is 3. The van der Waals surface area contributed by atoms with E-state index in [1.54, 1.807) is 4.90 Å². The van der Waals surface area contributed by atoms with Gasteiger partial charge in [0, 0.05) is 6.04 Å². The number of likely N-dealkylation sites (N-methyl/N-ethyl adjacent to an activating group) is 1. The molecule has 2 rings (SSSR count). The maximum atomic E-state index is 12.3. The van der Waals surface area contributed by atoms with Crippen molar-refractivity contribution < 1.29 is 14.6 Å². The fourth-order valence-corrected chi connectivity index (χ4v) is 3.19. The lowest BCUT2D eigenvalue weighted by atomic mass is 9.95. The number of quaternary nitrogens is 2. The first kappa shape index (κ1) is 13.8. The SMILES string of the molecule is C[C@H](C(=O)NC1CCCCC1)[NH+]1CC[NH+](C)CC1. The molecule has 1 atom stereocenters. The molecule has 0 spiro atoms. The average molecular weight is 255 g/mol. The van der Waals surface area contributed by atoms with E-state index in [4.69, 9.17) is 0 Å². The predicted octanol–water partition coefficient (Wildman–Crippen LogP) is -1.76. The molecule has 1 aliphatic carbocycles. The Balaban J connectivity index is 1.77. The molecule has 4 heteroatoms. The topological polar surface area (TPSA) is 38.0 Å². The number of hydrogen-bond acceptors (Lipinski definition) is 1. The van der Waals surface area contributed by atoms with Gasteiger partial charge in [0.25, 0.3) is 5.91 Å². The van der Waals surface area contributed by atoms with Gasteiger partial charge in [0.05, 0.1) is 7.05 Å². The third-order valence-electron chi connectivity index (χ3n) is 4.70. The maximum Gasteiger partial charge on any atom is 0.278 e. The molecule has 0 aromatic rings. The zero-order valence-electron chi connectivity index (χ0n) is 11.9. The van der Waals surface area contributed by atoms with Crippen LogP contribution in [0.5, 0.6) is 0 Å². The van der Waals surface area contributed by atoms with Crippen LogP contribution in [0.3, 0.4) is 0 Å². The lowest BCUT2D eigenvalue weighted by molar-refractivity contribution is -1.01. The summed E-state index contributed by atoms with van der Waals surface area (Å²) < 4.78 is 0. The van der Waals surface area contributed by atoms with Gasteiger partial charge in [-0.15, -0.1) is 0 Å². The van der Waals surface area contributed by atoms with E-state index in [2.05, 4.69) is 19.3 Å². The van der Waals surface area contributed by atoms with E-state index in [9.17, 15) is 4.79 Å². The molecule has 0 unspecified atom stereocenters. The van der Waals surface area contributed by atoms with E-state index >= 15 is 0 Å². The van der Waals surface area contributed by atoms with Gasteiger partial charge in [0.15, 0.2) is 6.04 Å². The molecule has 0 aromatic heterocycles. The Morgan fingerprint density at radius 3 is 2.33 bits per heavy atom. The van der Waals surface area contributed by atoms with Crippen molar-refractivity contribution in [1.29, 1.82) is 0 Å². The first-order chi connectivity index (χ1) is 8.66. The first-order valence-corrected chi connectivity index (χ1v) is 7.63. The highest BCUT2D eigenvalue weighted by Gasteiger charge is 2.30. The number of piperazine rings is 1. The summed E-state index contributed by atoms with van der Waals surface area (Å²) in [5.41, 5.74) is 0. The van der Waals surface area contributed by atoms with Crippen molar-refractivity contribution in [3.8, 4) is 0 Å². The number of hydrogen-bond donors (Lipinski definition) is 3. The zero-order chi connectivity index (χ0) is 13.0. The van der Waals surface area contributed by atoms with E-state index in [1.165, 1.54) is 50.1 Å². The Bertz CT molecular complexity index is 268. The van der Waals surface area contributed by atoms with Gasteiger partial charge in [-0.2, -0.15) is 0 Å². The van der Waals surface area contributed by atoms with Gasteiger partial charge in [-0.3, -0.25) is 4.79 Å². The summed E-state index contributed by atoms with van der Waals surface area (Å²) in [6, 6.07) is 0.575. The normalized spacial score (nSPS) is 31.9. The standard InChI is InChI=1S/C14H27N3O/c1-12(17-10-8-16(2)9-11-17)14(18)15-13-6-4-3-5-7-13/h12-13H,3-11H2,1-2H3,(H,15,18)/p+2/t12-/m1/s1. The van der Waals surface area contributed by atoms with Gasteiger partial charge >= 0.3 is 0 Å². The Labute approximate surface area is 111 Å². The largest absolute Gasteiger partial charge is 0.348 e. The molecule has 1 heterocycles. The molecular weight excluding hydrogens is 226 g/mol. The number of nitrogens with one attached hydrogen (secondary N) is 3. The molecule has 1 aliphatic heterocycles. The fourth-order valence-electron chi connectivity index (χ4n) is 3.19. The van der Waals surface area contributed by atoms with Crippen molar-refractivity contribution in [1.82, 2.24) is 5.32 Å². The monoisotopic (exact) mass is 255 g/mol. The third kappa shape index (κ3) is 3.69. The maximum absolute atomic E-state index is 12.3. The summed E-state index contributed by atoms with van der Waals surface area (Å²) in [6.07, 6.45) is 6.27. The lowest BCUT2D eigenvalue weighted by Gasteiger charge is -2.32. The second-order valence-electron chi connectivity index (χ2n) is 6.18. The van der Waals surface area contributed by atoms with E-state index in [-0.39, 0.29) is 11.9 Å². The highest BCUT2D eigenvalue weighted by Crippen LogP contribution is 2.17. The van der Waals surface area contributed by atoms with Crippen molar-refractivity contribution in [2.45, 2.75) is 51.1 Å². The van der Waals surface area contributed by atoms with Gasteiger partial charge in [-0.05, 0) is 19.8 Å². The van der Waals surface area contributed by atoms with Crippen LogP contribution >= 0.6 is 0 Å². The van der Waals surface area contributed by atoms with E-state index in [0.29, 0.717) is 6.04 Å². The van der Waals surface area contributed by atoms with Crippen molar-refractivity contribution in [3.63, 3.8) is 0 Å². The molecule has 0 aromatic carbocycles. The average Bonchev–Trinajstić information content (AvgIpc) is 2.40. The molecule has 2 aliphatic rings. The van der Waals surface area contributed by atoms with Crippen LogP contribution in [-0.4, -0.2) is 51.2 Å². The van der Waals surface area contributed by atoms with Gasteiger partial charge in [0.1, 0.15) is 26.2 Å². The molecule has 3 N–H and O–H groups in total. The summed E-state index contributed by atoms with van der Waals surface area (Å²) in [6.45, 7) is 6.73. The predicted molar refractivity (Wildman–Crippen MR) is 71.8 cm³/mol. The molecule has 2 fully saturated rings. The second kappa shape index (κ2) is 6.53. The van der Waals surface area contributed by atoms with Gasteiger partial charge < -0.3 is 15.1 Å². The number of carbonyl (C=O) groups excluding carboxylic acids is 1. The second-order valence-corrected chi connectivity index (χ2v) is 6.18. The van der Waals surface area contributed by atoms with Gasteiger partial charge in [-0.1, -0.05) is 19.3 Å². The van der Waals surface area contributed by atoms with E-state index < -0.39 is 0 Å². The molecule has 0 bridgehead atoms. The van der Waals surface area contributed by atoms with Crippen molar-refractivity contribution in [3.05, 3.63) is 0 Å². The molecule has 1 saturated heterocycles. The summed E-state index contributed by atoms with van der Waals surface area (Å²) in [4.78, 5) is 15.3. The van der Waals surface area contributed by atoms with Crippen LogP contribution in [0.4, 0.5) is 0 Å². The molecule has 4 nitrogen and oxygen atoms in total. The minimum absolute atomic E-state index is 0.125. The minimum Gasteiger partial charge on any atom is -0.348 e. The zero-order valence-corrected chi connectivity index (χ0v) is 11.9. The highest BCUT2D eigenvalue weighted by molar-refractivity contribution is 5.80. The summed E-state index contributed by atoms with van der Waals surface area (Å²) in [7, 11) is 2.24. The summed E-state index contributed by atoms with van der Waals surface area (Å²) in [5, 5.41) is 3.26. The summed E-state index contributed by atoms with van der Waals surface area (Å²) in [5.74, 6) is 0.274. The van der Waals surface area contributed by atoms with Crippen LogP contribution in [0, 0.1) is 0 Å². The van der Waals surface area contributed by atoms with Crippen LogP contribution in [-0.2, 0) is 4.79 Å². The van der Waals surface area contributed by atoms with Gasteiger partial charge in [-0.25, -0.2) is 0 Å². The van der Waals surface area contributed by atoms with E-state index in [1.807, 2.05) is 0 Å². The van der Waals surface area contributed by atoms with E-state index in [0.717, 1.165) is 13.1 Å². The molecule has 104 valence electrons. The number of carbonyl (C=O) groups is 1. The minimum atomic E-state index is 0.125. The fraction of sp³-hybridized carbons (Fsp3) is 0.929. The Morgan fingerprint density at radius 1 is 1.11 bits per heavy atom. The molecule has 1 amide bonds. The first-order valence-electron chi connectivity index (χ1n) is 7.63. The Morgan fingerprint density at radius 2 is 1.72 bits per heavy atom. The highest BCUT2D eigenvalue weighted by atomic mass is 16.2. The molecular formula is C14H29N3O+2. The van der Waals surface area contributed by atoms with Crippen molar-refractivity contribution in [2.24, 2.45) is 0 Å². The quantitative estimate of drug-likeness (QED) is 0.549. The molecule has 18 heavy (non-hydrogen) atoms. The Hall–Kier alpha value is -0.610. The number of amides is 1. The van der Waals surface area contributed by atoms with Crippen LogP contribution in [0.1, 0.15) is 39.0 Å². The van der Waals surface area contributed by atoms with Crippen LogP contribution < -0.4 is 15.1 Å². The van der Waals surface area contributed by atoms with Crippen molar-refractivity contribution in [2.75, 3.05) is 33.2 Å². The molecule has 0 radical (unpaired) electrons.